The van der Waals surface area contributed by atoms with Crippen LogP contribution in [-0.4, -0.2) is 15.5 Å². The maximum absolute atomic E-state index is 13.2. The molecule has 0 amide bonds. The van der Waals surface area contributed by atoms with Gasteiger partial charge in [0.05, 0.1) is 11.1 Å². The number of halogens is 2. The molecular weight excluding hydrogens is 253 g/mol. The van der Waals surface area contributed by atoms with Gasteiger partial charge in [-0.3, -0.25) is 4.40 Å². The number of nitrogens with zero attached hydrogens (tertiary/aromatic N) is 1. The topological polar surface area (TPSA) is 41.7 Å². The van der Waals surface area contributed by atoms with Crippen molar-refractivity contribution in [3.63, 3.8) is 0 Å². The van der Waals surface area contributed by atoms with E-state index in [2.05, 4.69) is 15.9 Å². The van der Waals surface area contributed by atoms with Gasteiger partial charge in [-0.2, -0.15) is 4.39 Å². The highest BCUT2D eigenvalue weighted by molar-refractivity contribution is 9.10. The molecule has 14 heavy (non-hydrogen) atoms. The quantitative estimate of drug-likeness (QED) is 0.798. The average molecular weight is 258 g/mol. The minimum atomic E-state index is -1.07. The summed E-state index contributed by atoms with van der Waals surface area (Å²) in [6.45, 7) is 0. The summed E-state index contributed by atoms with van der Waals surface area (Å²) in [7, 11) is 0. The number of fused-ring (bicyclic) bond motifs is 1. The summed E-state index contributed by atoms with van der Waals surface area (Å²) in [5.41, 5.74) is 0.568. The molecule has 3 nitrogen and oxygen atoms in total. The summed E-state index contributed by atoms with van der Waals surface area (Å²) < 4.78 is 15.0. The lowest BCUT2D eigenvalue weighted by Crippen LogP contribution is -1.93. The monoisotopic (exact) mass is 257 g/mol. The van der Waals surface area contributed by atoms with E-state index >= 15 is 0 Å². The van der Waals surface area contributed by atoms with Gasteiger partial charge in [0.25, 0.3) is 0 Å². The Kier molecular flexibility index (Phi) is 2.03. The zero-order chi connectivity index (χ0) is 10.3. The minimum absolute atomic E-state index is 0.0656. The summed E-state index contributed by atoms with van der Waals surface area (Å²) in [4.78, 5) is 10.6. The zero-order valence-corrected chi connectivity index (χ0v) is 8.45. The first-order valence-electron chi connectivity index (χ1n) is 3.79. The summed E-state index contributed by atoms with van der Waals surface area (Å²) in [6, 6.07) is 4.22. The van der Waals surface area contributed by atoms with Crippen molar-refractivity contribution in [1.29, 1.82) is 0 Å². The molecule has 2 heterocycles. The van der Waals surface area contributed by atoms with E-state index in [1.807, 2.05) is 0 Å². The summed E-state index contributed by atoms with van der Waals surface area (Å²) in [6.07, 6.45) is 1.25. The SMILES string of the molecule is O=C(O)c1cc2c(Br)ccc(F)n2c1. The molecule has 0 spiro atoms. The van der Waals surface area contributed by atoms with Gasteiger partial charge in [-0.1, -0.05) is 0 Å². The number of hydrogen-bond acceptors (Lipinski definition) is 1. The normalized spacial score (nSPS) is 10.7. The van der Waals surface area contributed by atoms with Crippen molar-refractivity contribution < 1.29 is 14.3 Å². The molecule has 5 heteroatoms. The second kappa shape index (κ2) is 3.09. The Bertz CT molecular complexity index is 482. The molecule has 2 aromatic rings. The Morgan fingerprint density at radius 3 is 2.79 bits per heavy atom. The lowest BCUT2D eigenvalue weighted by Gasteiger charge is -1.97. The molecular formula is C9H5BrFNO2. The number of pyridine rings is 1. The van der Waals surface area contributed by atoms with Crippen LogP contribution in [0.25, 0.3) is 5.52 Å². The van der Waals surface area contributed by atoms with Gasteiger partial charge in [0.2, 0.25) is 0 Å². The Hall–Kier alpha value is -1.36. The molecule has 0 saturated heterocycles. The van der Waals surface area contributed by atoms with E-state index in [9.17, 15) is 9.18 Å². The Labute approximate surface area is 86.9 Å². The molecule has 2 aromatic heterocycles. The highest BCUT2D eigenvalue weighted by Gasteiger charge is 2.10. The molecule has 1 N–H and O–H groups in total. The number of carboxylic acids is 1. The van der Waals surface area contributed by atoms with Gasteiger partial charge in [0.15, 0.2) is 5.95 Å². The van der Waals surface area contributed by atoms with Crippen LogP contribution in [0.5, 0.6) is 0 Å². The van der Waals surface area contributed by atoms with Gasteiger partial charge in [-0.25, -0.2) is 4.79 Å². The third kappa shape index (κ3) is 1.29. The van der Waals surface area contributed by atoms with E-state index in [0.29, 0.717) is 9.99 Å². The number of hydrogen-bond donors (Lipinski definition) is 1. The summed E-state index contributed by atoms with van der Waals surface area (Å²) >= 11 is 3.21. The van der Waals surface area contributed by atoms with E-state index in [4.69, 9.17) is 5.11 Å². The fraction of sp³-hybridized carbons (Fsp3) is 0. The fourth-order valence-corrected chi connectivity index (χ4v) is 1.69. The van der Waals surface area contributed by atoms with Crippen LogP contribution in [0.3, 0.4) is 0 Å². The first-order chi connectivity index (χ1) is 6.59. The highest BCUT2D eigenvalue weighted by Crippen LogP contribution is 2.21. The van der Waals surface area contributed by atoms with Crippen molar-refractivity contribution >= 4 is 27.4 Å². The van der Waals surface area contributed by atoms with Crippen molar-refractivity contribution in [2.24, 2.45) is 0 Å². The summed E-state index contributed by atoms with van der Waals surface area (Å²) in [5.74, 6) is -1.56. The lowest BCUT2D eigenvalue weighted by atomic mass is 10.3. The van der Waals surface area contributed by atoms with Crippen LogP contribution in [-0.2, 0) is 0 Å². The van der Waals surface area contributed by atoms with Crippen molar-refractivity contribution in [2.45, 2.75) is 0 Å². The molecule has 2 rings (SSSR count). The molecule has 0 bridgehead atoms. The maximum Gasteiger partial charge on any atom is 0.337 e. The van der Waals surface area contributed by atoms with E-state index in [-0.39, 0.29) is 5.56 Å². The van der Waals surface area contributed by atoms with E-state index in [0.717, 1.165) is 0 Å². The van der Waals surface area contributed by atoms with E-state index in [1.54, 1.807) is 0 Å². The van der Waals surface area contributed by atoms with Crippen LogP contribution >= 0.6 is 15.9 Å². The molecule has 0 unspecified atom stereocenters. The van der Waals surface area contributed by atoms with Gasteiger partial charge in [-0.05, 0) is 34.1 Å². The molecule has 0 atom stereocenters. The predicted molar refractivity (Wildman–Crippen MR) is 52.0 cm³/mol. The maximum atomic E-state index is 13.2. The largest absolute Gasteiger partial charge is 0.478 e. The van der Waals surface area contributed by atoms with Gasteiger partial charge in [0, 0.05) is 10.7 Å². The number of aromatic nitrogens is 1. The minimum Gasteiger partial charge on any atom is -0.478 e. The van der Waals surface area contributed by atoms with Crippen LogP contribution in [0, 0.1) is 5.95 Å². The molecule has 0 fully saturated rings. The van der Waals surface area contributed by atoms with E-state index < -0.39 is 11.9 Å². The lowest BCUT2D eigenvalue weighted by molar-refractivity contribution is 0.0697. The first kappa shape index (κ1) is 9.21. The molecule has 0 saturated carbocycles. The van der Waals surface area contributed by atoms with E-state index in [1.165, 1.54) is 28.8 Å². The van der Waals surface area contributed by atoms with Gasteiger partial charge >= 0.3 is 5.97 Å². The van der Waals surface area contributed by atoms with Crippen molar-refractivity contribution in [2.75, 3.05) is 0 Å². The molecule has 0 aliphatic heterocycles. The molecule has 0 aliphatic rings. The standard InChI is InChI=1S/C9H5BrFNO2/c10-6-1-2-8(11)12-4-5(9(13)14)3-7(6)12/h1-4H,(H,13,14). The highest BCUT2D eigenvalue weighted by atomic mass is 79.9. The van der Waals surface area contributed by atoms with Crippen LogP contribution in [0.15, 0.2) is 28.9 Å². The third-order valence-electron chi connectivity index (χ3n) is 1.91. The smallest absolute Gasteiger partial charge is 0.337 e. The molecule has 0 aliphatic carbocycles. The second-order valence-corrected chi connectivity index (χ2v) is 3.65. The third-order valence-corrected chi connectivity index (χ3v) is 2.58. The molecule has 0 radical (unpaired) electrons. The Morgan fingerprint density at radius 1 is 1.50 bits per heavy atom. The van der Waals surface area contributed by atoms with Gasteiger partial charge < -0.3 is 5.11 Å². The van der Waals surface area contributed by atoms with Crippen LogP contribution in [0.2, 0.25) is 0 Å². The van der Waals surface area contributed by atoms with Crippen LogP contribution in [0.4, 0.5) is 4.39 Å². The van der Waals surface area contributed by atoms with Crippen molar-refractivity contribution in [3.8, 4) is 0 Å². The van der Waals surface area contributed by atoms with Crippen LogP contribution in [0.1, 0.15) is 10.4 Å². The fourth-order valence-electron chi connectivity index (χ4n) is 1.25. The van der Waals surface area contributed by atoms with Crippen molar-refractivity contribution in [1.82, 2.24) is 4.40 Å². The summed E-state index contributed by atoms with van der Waals surface area (Å²) in [5, 5.41) is 8.72. The van der Waals surface area contributed by atoms with Crippen molar-refractivity contribution in [3.05, 3.63) is 40.4 Å². The van der Waals surface area contributed by atoms with Gasteiger partial charge in [0.1, 0.15) is 0 Å². The Balaban J connectivity index is 2.82. The number of carbonyl (C=O) groups is 1. The van der Waals surface area contributed by atoms with Crippen LogP contribution < -0.4 is 0 Å². The second-order valence-electron chi connectivity index (χ2n) is 2.79. The average Bonchev–Trinajstić information content (AvgIpc) is 2.57. The Morgan fingerprint density at radius 2 is 2.21 bits per heavy atom. The zero-order valence-electron chi connectivity index (χ0n) is 6.87. The number of aromatic carboxylic acids is 1. The molecule has 72 valence electrons. The predicted octanol–water partition coefficient (Wildman–Crippen LogP) is 2.54. The van der Waals surface area contributed by atoms with Gasteiger partial charge in [-0.15, -0.1) is 0 Å². The number of rotatable bonds is 1. The molecule has 0 aromatic carbocycles. The first-order valence-corrected chi connectivity index (χ1v) is 4.58. The number of carboxylic acid groups (broad SMARTS) is 1.